The molecule has 0 amide bonds. The number of furan rings is 1. The summed E-state index contributed by atoms with van der Waals surface area (Å²) >= 11 is 0. The quantitative estimate of drug-likeness (QED) is 0.171. The van der Waals surface area contributed by atoms with Gasteiger partial charge in [-0.3, -0.25) is 0 Å². The summed E-state index contributed by atoms with van der Waals surface area (Å²) in [6.07, 6.45) is 0. The van der Waals surface area contributed by atoms with E-state index in [-0.39, 0.29) is 0 Å². The molecule has 0 unspecified atom stereocenters. The first kappa shape index (κ1) is 32.8. The number of fused-ring (bicyclic) bond motifs is 6. The molecule has 0 saturated carbocycles. The van der Waals surface area contributed by atoms with Crippen molar-refractivity contribution in [3.05, 3.63) is 206 Å². The summed E-state index contributed by atoms with van der Waals surface area (Å²) in [4.78, 5) is 9.98. The molecule has 0 atom stereocenters. The smallest absolute Gasteiger partial charge is 0.160 e. The molecule has 0 aliphatic rings. The molecule has 11 aromatic rings. The maximum atomic E-state index is 6.70. The van der Waals surface area contributed by atoms with Crippen LogP contribution < -0.4 is 0 Å². The SMILES string of the molecule is c1ccc(-c2cc(-c3ccc(-c4ccc(-c5cc6c(oc7cccc(-c8cccc9ccccc89)c76)c6ccccc56)cc4)cc3)nc(-c3ccccc3)n2)cc1. The summed E-state index contributed by atoms with van der Waals surface area (Å²) in [5, 5.41) is 7.00. The molecule has 0 aliphatic heterocycles. The van der Waals surface area contributed by atoms with E-state index in [9.17, 15) is 0 Å². The highest BCUT2D eigenvalue weighted by Gasteiger charge is 2.19. The van der Waals surface area contributed by atoms with Gasteiger partial charge in [0.15, 0.2) is 5.82 Å². The minimum atomic E-state index is 0.713. The molecule has 11 rings (SSSR count). The maximum absolute atomic E-state index is 6.70. The molecular formula is C54H34N2O. The topological polar surface area (TPSA) is 38.9 Å². The summed E-state index contributed by atoms with van der Waals surface area (Å²) in [5.74, 6) is 0.713. The Labute approximate surface area is 330 Å². The highest BCUT2D eigenvalue weighted by Crippen LogP contribution is 2.44. The number of hydrogen-bond donors (Lipinski definition) is 0. The van der Waals surface area contributed by atoms with Crippen LogP contribution in [0, 0.1) is 0 Å². The Hall–Kier alpha value is -7.62. The van der Waals surface area contributed by atoms with E-state index >= 15 is 0 Å². The van der Waals surface area contributed by atoms with Gasteiger partial charge in [-0.2, -0.15) is 0 Å². The van der Waals surface area contributed by atoms with Crippen molar-refractivity contribution >= 4 is 43.5 Å². The monoisotopic (exact) mass is 726 g/mol. The average Bonchev–Trinajstić information content (AvgIpc) is 3.68. The Bertz CT molecular complexity index is 3190. The second-order valence-electron chi connectivity index (χ2n) is 14.5. The minimum absolute atomic E-state index is 0.713. The van der Waals surface area contributed by atoms with E-state index in [4.69, 9.17) is 14.4 Å². The number of hydrogen-bond acceptors (Lipinski definition) is 3. The zero-order valence-corrected chi connectivity index (χ0v) is 30.9. The van der Waals surface area contributed by atoms with E-state index in [1.165, 1.54) is 32.8 Å². The molecule has 0 aliphatic carbocycles. The van der Waals surface area contributed by atoms with Crippen LogP contribution in [0.15, 0.2) is 211 Å². The molecule has 3 heteroatoms. The van der Waals surface area contributed by atoms with Gasteiger partial charge in [0.25, 0.3) is 0 Å². The van der Waals surface area contributed by atoms with E-state index in [1.807, 2.05) is 36.4 Å². The van der Waals surface area contributed by atoms with Crippen LogP contribution in [0.25, 0.3) is 111 Å². The highest BCUT2D eigenvalue weighted by molar-refractivity contribution is 6.23. The largest absolute Gasteiger partial charge is 0.455 e. The summed E-state index contributed by atoms with van der Waals surface area (Å²) in [7, 11) is 0. The van der Waals surface area contributed by atoms with Gasteiger partial charge < -0.3 is 4.42 Å². The molecule has 9 aromatic carbocycles. The van der Waals surface area contributed by atoms with Crippen molar-refractivity contribution in [2.75, 3.05) is 0 Å². The lowest BCUT2D eigenvalue weighted by Crippen LogP contribution is -1.95. The Morgan fingerprint density at radius 1 is 0.316 bits per heavy atom. The molecule has 266 valence electrons. The lowest BCUT2D eigenvalue weighted by atomic mass is 9.91. The molecule has 0 bridgehead atoms. The Balaban J connectivity index is 0.979. The third kappa shape index (κ3) is 5.76. The van der Waals surface area contributed by atoms with Crippen molar-refractivity contribution in [1.82, 2.24) is 9.97 Å². The van der Waals surface area contributed by atoms with E-state index < -0.39 is 0 Å². The molecule has 0 fully saturated rings. The Kier molecular flexibility index (Phi) is 7.82. The van der Waals surface area contributed by atoms with Gasteiger partial charge in [0.1, 0.15) is 11.2 Å². The normalized spacial score (nSPS) is 11.5. The van der Waals surface area contributed by atoms with Crippen LogP contribution in [0.5, 0.6) is 0 Å². The van der Waals surface area contributed by atoms with Crippen LogP contribution in [-0.4, -0.2) is 9.97 Å². The van der Waals surface area contributed by atoms with Crippen molar-refractivity contribution in [3.8, 4) is 67.3 Å². The molecule has 57 heavy (non-hydrogen) atoms. The van der Waals surface area contributed by atoms with E-state index in [1.54, 1.807) is 0 Å². The van der Waals surface area contributed by atoms with Crippen molar-refractivity contribution in [1.29, 1.82) is 0 Å². The van der Waals surface area contributed by atoms with Crippen molar-refractivity contribution < 1.29 is 4.42 Å². The molecule has 2 heterocycles. The van der Waals surface area contributed by atoms with E-state index in [0.29, 0.717) is 5.82 Å². The third-order valence-corrected chi connectivity index (χ3v) is 11.1. The Morgan fingerprint density at radius 2 is 0.842 bits per heavy atom. The second kappa shape index (κ2) is 13.6. The van der Waals surface area contributed by atoms with Crippen LogP contribution in [0.3, 0.4) is 0 Å². The first-order chi connectivity index (χ1) is 28.2. The predicted octanol–water partition coefficient (Wildman–Crippen LogP) is 14.7. The van der Waals surface area contributed by atoms with Gasteiger partial charge in [0, 0.05) is 32.8 Å². The van der Waals surface area contributed by atoms with Gasteiger partial charge in [0.2, 0.25) is 0 Å². The molecule has 0 spiro atoms. The molecular weight excluding hydrogens is 693 g/mol. The molecule has 2 aromatic heterocycles. The van der Waals surface area contributed by atoms with Crippen molar-refractivity contribution in [2.45, 2.75) is 0 Å². The summed E-state index contributed by atoms with van der Waals surface area (Å²) in [6.45, 7) is 0. The number of nitrogens with zero attached hydrogens (tertiary/aromatic N) is 2. The van der Waals surface area contributed by atoms with E-state index in [2.05, 4.69) is 170 Å². The average molecular weight is 727 g/mol. The minimum Gasteiger partial charge on any atom is -0.455 e. The third-order valence-electron chi connectivity index (χ3n) is 11.1. The Morgan fingerprint density at radius 3 is 1.56 bits per heavy atom. The highest BCUT2D eigenvalue weighted by atomic mass is 16.3. The molecule has 0 saturated heterocycles. The van der Waals surface area contributed by atoms with Gasteiger partial charge >= 0.3 is 0 Å². The fourth-order valence-electron chi connectivity index (χ4n) is 8.32. The lowest BCUT2D eigenvalue weighted by Gasteiger charge is -2.11. The first-order valence-corrected chi connectivity index (χ1v) is 19.3. The summed E-state index contributed by atoms with van der Waals surface area (Å²) in [6, 6.07) is 72.7. The summed E-state index contributed by atoms with van der Waals surface area (Å²) < 4.78 is 6.70. The predicted molar refractivity (Wildman–Crippen MR) is 237 cm³/mol. The number of benzene rings is 9. The van der Waals surface area contributed by atoms with Crippen LogP contribution in [0.2, 0.25) is 0 Å². The zero-order valence-electron chi connectivity index (χ0n) is 30.9. The fourth-order valence-corrected chi connectivity index (χ4v) is 8.32. The van der Waals surface area contributed by atoms with Crippen molar-refractivity contribution in [2.24, 2.45) is 0 Å². The van der Waals surface area contributed by atoms with Crippen LogP contribution in [0.4, 0.5) is 0 Å². The molecule has 3 nitrogen and oxygen atoms in total. The standard InChI is InChI=1S/C54H34N2O/c1-3-14-39(15-4-1)49-34-50(56-54(55-49)41-16-5-2-6-17-41)40-31-27-36(28-32-40)35-25-29-38(30-26-35)47-33-48-52-45(43-22-11-18-37-13-7-8-19-42(37)43)23-12-24-51(52)57-53(48)46-21-10-9-20-44(46)47/h1-34H. The van der Waals surface area contributed by atoms with Gasteiger partial charge in [-0.15, -0.1) is 0 Å². The molecule has 0 N–H and O–H groups in total. The van der Waals surface area contributed by atoms with Gasteiger partial charge in [0.05, 0.1) is 11.4 Å². The van der Waals surface area contributed by atoms with Crippen LogP contribution in [-0.2, 0) is 0 Å². The van der Waals surface area contributed by atoms with Crippen LogP contribution in [0.1, 0.15) is 0 Å². The second-order valence-corrected chi connectivity index (χ2v) is 14.5. The molecule has 0 radical (unpaired) electrons. The van der Waals surface area contributed by atoms with Gasteiger partial charge in [-0.05, 0) is 67.7 Å². The maximum Gasteiger partial charge on any atom is 0.160 e. The lowest BCUT2D eigenvalue weighted by molar-refractivity contribution is 0.673. The van der Waals surface area contributed by atoms with Gasteiger partial charge in [-0.25, -0.2) is 9.97 Å². The van der Waals surface area contributed by atoms with Crippen LogP contribution >= 0.6 is 0 Å². The summed E-state index contributed by atoms with van der Waals surface area (Å²) in [5.41, 5.74) is 13.7. The van der Waals surface area contributed by atoms with E-state index in [0.717, 1.165) is 72.1 Å². The fraction of sp³-hybridized carbons (Fsp3) is 0. The van der Waals surface area contributed by atoms with Crippen molar-refractivity contribution in [3.63, 3.8) is 0 Å². The number of rotatable bonds is 6. The first-order valence-electron chi connectivity index (χ1n) is 19.3. The zero-order chi connectivity index (χ0) is 37.7. The number of aromatic nitrogens is 2. The van der Waals surface area contributed by atoms with Gasteiger partial charge in [-0.1, -0.05) is 188 Å².